The van der Waals surface area contributed by atoms with E-state index in [1.807, 2.05) is 12.1 Å². The average Bonchev–Trinajstić information content (AvgIpc) is 3.24. The third kappa shape index (κ3) is 12.0. The molecular weight excluding hydrogens is 707 g/mol. The van der Waals surface area contributed by atoms with E-state index in [1.165, 1.54) is 36.0 Å². The zero-order chi connectivity index (χ0) is 40.7. The summed E-state index contributed by atoms with van der Waals surface area (Å²) in [6.45, 7) is 12.0. The zero-order valence-electron chi connectivity index (χ0n) is 35.2. The number of methoxy groups -OCH3 is 1. The Morgan fingerprint density at radius 2 is 0.966 bits per heavy atom. The summed E-state index contributed by atoms with van der Waals surface area (Å²) in [5.74, 6) is 3.04. The Morgan fingerprint density at radius 1 is 0.483 bits per heavy atom. The van der Waals surface area contributed by atoms with Crippen LogP contribution in [0.4, 0.5) is 17.1 Å². The molecule has 3 nitrogen and oxygen atoms in total. The summed E-state index contributed by atoms with van der Waals surface area (Å²) >= 11 is 0. The maximum atomic E-state index is 6.55. The molecule has 0 aliphatic carbocycles. The largest absolute Gasteiger partial charge is 0.496 e. The van der Waals surface area contributed by atoms with Gasteiger partial charge in [-0.3, -0.25) is 0 Å². The van der Waals surface area contributed by atoms with E-state index in [1.54, 1.807) is 7.11 Å². The van der Waals surface area contributed by atoms with Crippen molar-refractivity contribution in [1.29, 1.82) is 0 Å². The molecule has 0 saturated heterocycles. The molecule has 1 unspecified atom stereocenters. The number of hydrogen-bond acceptors (Lipinski definition) is 3. The van der Waals surface area contributed by atoms with Crippen molar-refractivity contribution < 1.29 is 9.47 Å². The van der Waals surface area contributed by atoms with Gasteiger partial charge in [0.2, 0.25) is 0 Å². The van der Waals surface area contributed by atoms with Gasteiger partial charge in [-0.2, -0.15) is 0 Å². The smallest absolute Gasteiger partial charge is 0.127 e. The minimum atomic E-state index is 0.620. The first-order valence-electron chi connectivity index (χ1n) is 20.8. The summed E-state index contributed by atoms with van der Waals surface area (Å²) in [7, 11) is 1.74. The quantitative estimate of drug-likeness (QED) is 0.0814. The minimum absolute atomic E-state index is 0.620. The Kier molecular flexibility index (Phi) is 15.0. The van der Waals surface area contributed by atoms with Crippen molar-refractivity contribution in [2.75, 3.05) is 18.6 Å². The molecule has 296 valence electrons. The van der Waals surface area contributed by atoms with E-state index in [0.29, 0.717) is 12.5 Å². The Hall–Kier alpha value is -6.06. The summed E-state index contributed by atoms with van der Waals surface area (Å²) in [6, 6.07) is 49.2. The second kappa shape index (κ2) is 20.9. The van der Waals surface area contributed by atoms with Crippen LogP contribution < -0.4 is 14.4 Å². The molecule has 6 aromatic carbocycles. The Bertz CT molecular complexity index is 2270. The van der Waals surface area contributed by atoms with Crippen LogP contribution in [0.3, 0.4) is 0 Å². The third-order valence-electron chi connectivity index (χ3n) is 10.7. The van der Waals surface area contributed by atoms with Gasteiger partial charge in [0.15, 0.2) is 0 Å². The summed E-state index contributed by atoms with van der Waals surface area (Å²) in [6.07, 6.45) is 17.7. The number of aryl methyl sites for hydroxylation is 2. The van der Waals surface area contributed by atoms with Gasteiger partial charge in [-0.15, -0.1) is 0 Å². The van der Waals surface area contributed by atoms with Gasteiger partial charge < -0.3 is 14.4 Å². The van der Waals surface area contributed by atoms with Gasteiger partial charge in [0.25, 0.3) is 0 Å². The van der Waals surface area contributed by atoms with Crippen LogP contribution in [-0.2, 0) is 0 Å². The lowest BCUT2D eigenvalue weighted by Crippen LogP contribution is -2.10. The number of ether oxygens (including phenoxy) is 2. The number of hydrogen-bond donors (Lipinski definition) is 0. The van der Waals surface area contributed by atoms with Crippen LogP contribution in [0.2, 0.25) is 0 Å². The highest BCUT2D eigenvalue weighted by atomic mass is 16.5. The predicted molar refractivity (Wildman–Crippen MR) is 251 cm³/mol. The van der Waals surface area contributed by atoms with Crippen LogP contribution >= 0.6 is 0 Å². The number of nitrogens with zero attached hydrogens (tertiary/aromatic N) is 1. The summed E-state index contributed by atoms with van der Waals surface area (Å²) in [5, 5.41) is 0. The molecule has 0 radical (unpaired) electrons. The van der Waals surface area contributed by atoms with Crippen molar-refractivity contribution in [3.8, 4) is 11.5 Å². The van der Waals surface area contributed by atoms with E-state index in [0.717, 1.165) is 68.7 Å². The monoisotopic (exact) mass is 765 g/mol. The molecule has 6 aromatic rings. The molecule has 0 saturated carbocycles. The van der Waals surface area contributed by atoms with Crippen molar-refractivity contribution in [1.82, 2.24) is 0 Å². The lowest BCUT2D eigenvalue weighted by Gasteiger charge is -2.26. The first-order valence-corrected chi connectivity index (χ1v) is 20.8. The normalized spacial score (nSPS) is 12.2. The topological polar surface area (TPSA) is 21.7 Å². The van der Waals surface area contributed by atoms with Gasteiger partial charge >= 0.3 is 0 Å². The van der Waals surface area contributed by atoms with Crippen molar-refractivity contribution in [3.05, 3.63) is 184 Å². The zero-order valence-corrected chi connectivity index (χ0v) is 35.2. The average molecular weight is 766 g/mol. The molecule has 0 amide bonds. The van der Waals surface area contributed by atoms with Crippen LogP contribution in [0.15, 0.2) is 140 Å². The molecule has 0 heterocycles. The fourth-order valence-electron chi connectivity index (χ4n) is 7.02. The SMILES string of the molecule is COc1cc(C=Cc2ccccc2)c(OCCC(C)CCCC(C)C)cc1C=Cc1ccc(N(c2ccc(C=Cc3ccccc3)cc2)c2ccc(C)c(C)c2)cc1. The molecule has 6 rings (SSSR count). The second-order valence-corrected chi connectivity index (χ2v) is 15.8. The van der Waals surface area contributed by atoms with Crippen molar-refractivity contribution >= 4 is 53.5 Å². The molecule has 1 atom stereocenters. The first-order chi connectivity index (χ1) is 28.2. The van der Waals surface area contributed by atoms with Crippen LogP contribution in [-0.4, -0.2) is 13.7 Å². The molecule has 0 aliphatic rings. The Labute approximate surface area is 348 Å². The van der Waals surface area contributed by atoms with Crippen LogP contribution in [0.1, 0.15) is 91.0 Å². The summed E-state index contributed by atoms with van der Waals surface area (Å²) in [5.41, 5.74) is 12.4. The molecule has 3 heteroatoms. The van der Waals surface area contributed by atoms with Crippen LogP contribution in [0, 0.1) is 25.7 Å². The van der Waals surface area contributed by atoms with Gasteiger partial charge in [-0.25, -0.2) is 0 Å². The van der Waals surface area contributed by atoms with E-state index in [4.69, 9.17) is 9.47 Å². The predicted octanol–water partition coefficient (Wildman–Crippen LogP) is 15.5. The molecule has 0 spiro atoms. The van der Waals surface area contributed by atoms with E-state index >= 15 is 0 Å². The highest BCUT2D eigenvalue weighted by Crippen LogP contribution is 2.37. The van der Waals surface area contributed by atoms with Crippen LogP contribution in [0.25, 0.3) is 36.5 Å². The fourth-order valence-corrected chi connectivity index (χ4v) is 7.02. The second-order valence-electron chi connectivity index (χ2n) is 15.8. The standard InChI is InChI=1S/C55H59NO2/c1-41(2)14-13-15-42(3)36-37-58-55-40-49(54(57-6)39-50(55)30-23-46-18-11-8-12-19-46)29-24-48-27-34-52(35-28-48)56(53-31-20-43(4)44(5)38-53)51-32-25-47(26-33-51)22-21-45-16-9-7-10-17-45/h7-12,16-35,38-42H,13-15,36-37H2,1-6H3. The fraction of sp³-hybridized carbons (Fsp3) is 0.236. The Morgan fingerprint density at radius 3 is 1.48 bits per heavy atom. The maximum Gasteiger partial charge on any atom is 0.127 e. The molecular formula is C55H59NO2. The molecule has 0 aromatic heterocycles. The van der Waals surface area contributed by atoms with Gasteiger partial charge in [0.1, 0.15) is 11.5 Å². The van der Waals surface area contributed by atoms with Gasteiger partial charge in [-0.05, 0) is 114 Å². The maximum absolute atomic E-state index is 6.55. The van der Waals surface area contributed by atoms with E-state index in [2.05, 4.69) is 203 Å². The number of benzene rings is 6. The molecule has 58 heavy (non-hydrogen) atoms. The molecule has 0 N–H and O–H groups in total. The summed E-state index contributed by atoms with van der Waals surface area (Å²) in [4.78, 5) is 2.32. The Balaban J connectivity index is 1.24. The third-order valence-corrected chi connectivity index (χ3v) is 10.7. The highest BCUT2D eigenvalue weighted by Gasteiger charge is 2.14. The molecule has 0 aliphatic heterocycles. The first kappa shape index (κ1) is 41.6. The van der Waals surface area contributed by atoms with Crippen molar-refractivity contribution in [2.24, 2.45) is 11.8 Å². The highest BCUT2D eigenvalue weighted by molar-refractivity contribution is 5.81. The minimum Gasteiger partial charge on any atom is -0.496 e. The lowest BCUT2D eigenvalue weighted by atomic mass is 9.97. The van der Waals surface area contributed by atoms with Crippen LogP contribution in [0.5, 0.6) is 11.5 Å². The molecule has 0 fully saturated rings. The van der Waals surface area contributed by atoms with Gasteiger partial charge in [0.05, 0.1) is 13.7 Å². The number of anilines is 3. The van der Waals surface area contributed by atoms with Gasteiger partial charge in [-0.1, -0.05) is 167 Å². The van der Waals surface area contributed by atoms with Crippen molar-refractivity contribution in [2.45, 2.75) is 60.3 Å². The van der Waals surface area contributed by atoms with Crippen molar-refractivity contribution in [3.63, 3.8) is 0 Å². The van der Waals surface area contributed by atoms with Gasteiger partial charge in [0, 0.05) is 28.2 Å². The van der Waals surface area contributed by atoms with E-state index < -0.39 is 0 Å². The number of rotatable bonds is 18. The lowest BCUT2D eigenvalue weighted by molar-refractivity contribution is 0.275. The molecule has 0 bridgehead atoms. The summed E-state index contributed by atoms with van der Waals surface area (Å²) < 4.78 is 12.5. The van der Waals surface area contributed by atoms with E-state index in [9.17, 15) is 0 Å². The van der Waals surface area contributed by atoms with E-state index in [-0.39, 0.29) is 0 Å².